The number of nitrogens with one attached hydrogen (secondary N) is 1. The molecule has 1 aliphatic rings. The van der Waals surface area contributed by atoms with Gasteiger partial charge in [0.1, 0.15) is 0 Å². The zero-order chi connectivity index (χ0) is 12.5. The maximum atomic E-state index is 11.6. The van der Waals surface area contributed by atoms with Crippen LogP contribution in [0.25, 0.3) is 0 Å². The van der Waals surface area contributed by atoms with Gasteiger partial charge >= 0.3 is 0 Å². The SMILES string of the molecule is CC(C)(C)c1cc(=O)[nH]c(N2CCOCC2)n1. The number of aromatic nitrogens is 2. The maximum absolute atomic E-state index is 11.6. The Balaban J connectivity index is 2.34. The first-order valence-electron chi connectivity index (χ1n) is 5.91. The Kier molecular flexibility index (Phi) is 3.19. The molecule has 17 heavy (non-hydrogen) atoms. The minimum Gasteiger partial charge on any atom is -0.378 e. The van der Waals surface area contributed by atoms with Crippen LogP contribution >= 0.6 is 0 Å². The first kappa shape index (κ1) is 12.1. The van der Waals surface area contributed by atoms with Gasteiger partial charge in [-0.15, -0.1) is 0 Å². The Morgan fingerprint density at radius 3 is 2.59 bits per heavy atom. The summed E-state index contributed by atoms with van der Waals surface area (Å²) in [4.78, 5) is 21.0. The Morgan fingerprint density at radius 1 is 1.35 bits per heavy atom. The van der Waals surface area contributed by atoms with E-state index < -0.39 is 0 Å². The Hall–Kier alpha value is -1.36. The number of hydrogen-bond donors (Lipinski definition) is 1. The predicted molar refractivity (Wildman–Crippen MR) is 66.6 cm³/mol. The van der Waals surface area contributed by atoms with E-state index in [1.165, 1.54) is 0 Å². The minimum atomic E-state index is -0.116. The number of H-pyrrole nitrogens is 1. The van der Waals surface area contributed by atoms with Crippen LogP contribution in [0.2, 0.25) is 0 Å². The number of nitrogens with zero attached hydrogens (tertiary/aromatic N) is 2. The van der Waals surface area contributed by atoms with E-state index in [1.807, 2.05) is 0 Å². The van der Waals surface area contributed by atoms with Gasteiger partial charge in [-0.3, -0.25) is 9.78 Å². The molecule has 1 aromatic rings. The molecule has 0 spiro atoms. The van der Waals surface area contributed by atoms with E-state index in [1.54, 1.807) is 6.07 Å². The standard InChI is InChI=1S/C12H19N3O2/c1-12(2,3)9-8-10(16)14-11(13-9)15-4-6-17-7-5-15/h8H,4-7H2,1-3H3,(H,13,14,16). The lowest BCUT2D eigenvalue weighted by molar-refractivity contribution is 0.122. The van der Waals surface area contributed by atoms with Gasteiger partial charge in [-0.05, 0) is 0 Å². The largest absolute Gasteiger partial charge is 0.378 e. The smallest absolute Gasteiger partial charge is 0.252 e. The molecule has 1 fully saturated rings. The molecule has 2 heterocycles. The highest BCUT2D eigenvalue weighted by Gasteiger charge is 2.20. The second kappa shape index (κ2) is 4.49. The van der Waals surface area contributed by atoms with E-state index in [9.17, 15) is 4.79 Å². The molecule has 0 aliphatic carbocycles. The first-order chi connectivity index (χ1) is 7.97. The average molecular weight is 237 g/mol. The topological polar surface area (TPSA) is 58.2 Å². The molecule has 1 aromatic heterocycles. The third-order valence-corrected chi connectivity index (χ3v) is 2.81. The van der Waals surface area contributed by atoms with Crippen molar-refractivity contribution in [2.75, 3.05) is 31.2 Å². The number of rotatable bonds is 1. The third kappa shape index (κ3) is 2.85. The molecular formula is C12H19N3O2. The maximum Gasteiger partial charge on any atom is 0.252 e. The van der Waals surface area contributed by atoms with Crippen LogP contribution in [-0.4, -0.2) is 36.3 Å². The van der Waals surface area contributed by atoms with Crippen LogP contribution in [0.15, 0.2) is 10.9 Å². The summed E-state index contributed by atoms with van der Waals surface area (Å²) >= 11 is 0. The third-order valence-electron chi connectivity index (χ3n) is 2.81. The van der Waals surface area contributed by atoms with E-state index in [0.717, 1.165) is 18.8 Å². The zero-order valence-electron chi connectivity index (χ0n) is 10.6. The van der Waals surface area contributed by atoms with Crippen molar-refractivity contribution in [3.8, 4) is 0 Å². The minimum absolute atomic E-state index is 0.0913. The van der Waals surface area contributed by atoms with Crippen LogP contribution in [0.4, 0.5) is 5.95 Å². The van der Waals surface area contributed by atoms with E-state index in [0.29, 0.717) is 19.2 Å². The van der Waals surface area contributed by atoms with E-state index in [-0.39, 0.29) is 11.0 Å². The molecule has 94 valence electrons. The van der Waals surface area contributed by atoms with E-state index in [2.05, 4.69) is 35.6 Å². The second-order valence-electron chi connectivity index (χ2n) is 5.30. The van der Waals surface area contributed by atoms with Gasteiger partial charge in [0.15, 0.2) is 0 Å². The highest BCUT2D eigenvalue weighted by atomic mass is 16.5. The number of hydrogen-bond acceptors (Lipinski definition) is 4. The van der Waals surface area contributed by atoms with Gasteiger partial charge in [0, 0.05) is 24.6 Å². The van der Waals surface area contributed by atoms with Crippen molar-refractivity contribution >= 4 is 5.95 Å². The molecule has 1 saturated heterocycles. The van der Waals surface area contributed by atoms with Gasteiger partial charge in [-0.1, -0.05) is 20.8 Å². The fraction of sp³-hybridized carbons (Fsp3) is 0.667. The Labute approximate surface area is 101 Å². The van der Waals surface area contributed by atoms with Crippen LogP contribution in [0.3, 0.4) is 0 Å². The van der Waals surface area contributed by atoms with E-state index in [4.69, 9.17) is 4.74 Å². The lowest BCUT2D eigenvalue weighted by atomic mass is 9.92. The molecule has 5 nitrogen and oxygen atoms in total. The highest BCUT2D eigenvalue weighted by molar-refractivity contribution is 5.32. The summed E-state index contributed by atoms with van der Waals surface area (Å²) in [5.41, 5.74) is 0.615. The first-order valence-corrected chi connectivity index (χ1v) is 5.91. The fourth-order valence-corrected chi connectivity index (χ4v) is 1.75. The van der Waals surface area contributed by atoms with Crippen molar-refractivity contribution in [2.45, 2.75) is 26.2 Å². The number of morpholine rings is 1. The summed E-state index contributed by atoms with van der Waals surface area (Å²) in [6, 6.07) is 1.57. The van der Waals surface area contributed by atoms with Crippen LogP contribution < -0.4 is 10.5 Å². The molecule has 2 rings (SSSR count). The molecule has 0 amide bonds. The molecule has 0 bridgehead atoms. The quantitative estimate of drug-likeness (QED) is 0.788. The molecule has 1 aliphatic heterocycles. The van der Waals surface area contributed by atoms with Gasteiger partial charge in [0.2, 0.25) is 5.95 Å². The molecule has 5 heteroatoms. The number of ether oxygens (including phenoxy) is 1. The van der Waals surface area contributed by atoms with Gasteiger partial charge in [0.05, 0.1) is 18.9 Å². The lowest BCUT2D eigenvalue weighted by Crippen LogP contribution is -2.38. The van der Waals surface area contributed by atoms with Crippen LogP contribution in [0, 0.1) is 0 Å². The van der Waals surface area contributed by atoms with Gasteiger partial charge in [0.25, 0.3) is 5.56 Å². The molecule has 0 unspecified atom stereocenters. The molecular weight excluding hydrogens is 218 g/mol. The normalized spacial score (nSPS) is 17.2. The van der Waals surface area contributed by atoms with Crippen molar-refractivity contribution in [1.82, 2.24) is 9.97 Å². The summed E-state index contributed by atoms with van der Waals surface area (Å²) in [6.07, 6.45) is 0. The van der Waals surface area contributed by atoms with Crippen molar-refractivity contribution in [3.63, 3.8) is 0 Å². The van der Waals surface area contributed by atoms with Gasteiger partial charge < -0.3 is 9.64 Å². The lowest BCUT2D eigenvalue weighted by Gasteiger charge is -2.28. The zero-order valence-corrected chi connectivity index (χ0v) is 10.6. The van der Waals surface area contributed by atoms with Crippen molar-refractivity contribution in [3.05, 3.63) is 22.1 Å². The summed E-state index contributed by atoms with van der Waals surface area (Å²) in [5, 5.41) is 0. The van der Waals surface area contributed by atoms with E-state index >= 15 is 0 Å². The molecule has 0 atom stereocenters. The molecule has 1 N–H and O–H groups in total. The summed E-state index contributed by atoms with van der Waals surface area (Å²) in [7, 11) is 0. The van der Waals surface area contributed by atoms with Crippen LogP contribution in [0.1, 0.15) is 26.5 Å². The fourth-order valence-electron chi connectivity index (χ4n) is 1.75. The number of anilines is 1. The van der Waals surface area contributed by atoms with Gasteiger partial charge in [-0.2, -0.15) is 0 Å². The summed E-state index contributed by atoms with van der Waals surface area (Å²) in [6.45, 7) is 9.08. The Morgan fingerprint density at radius 2 is 2.00 bits per heavy atom. The van der Waals surface area contributed by atoms with Gasteiger partial charge in [-0.25, -0.2) is 4.98 Å². The summed E-state index contributed by atoms with van der Waals surface area (Å²) < 4.78 is 5.29. The Bertz CT molecular complexity index is 442. The monoisotopic (exact) mass is 237 g/mol. The van der Waals surface area contributed by atoms with Crippen LogP contribution in [-0.2, 0) is 10.2 Å². The molecule has 0 aromatic carbocycles. The number of aromatic amines is 1. The van der Waals surface area contributed by atoms with Crippen LogP contribution in [0.5, 0.6) is 0 Å². The second-order valence-corrected chi connectivity index (χ2v) is 5.30. The molecule has 0 radical (unpaired) electrons. The average Bonchev–Trinajstić information content (AvgIpc) is 2.28. The van der Waals surface area contributed by atoms with Crippen molar-refractivity contribution in [1.29, 1.82) is 0 Å². The van der Waals surface area contributed by atoms with Crippen molar-refractivity contribution in [2.24, 2.45) is 0 Å². The van der Waals surface area contributed by atoms with Crippen molar-refractivity contribution < 1.29 is 4.74 Å². The molecule has 0 saturated carbocycles. The highest BCUT2D eigenvalue weighted by Crippen LogP contribution is 2.20. The summed E-state index contributed by atoms with van der Waals surface area (Å²) in [5.74, 6) is 0.658. The predicted octanol–water partition coefficient (Wildman–Crippen LogP) is 0.904.